The molecule has 0 spiro atoms. The summed E-state index contributed by atoms with van der Waals surface area (Å²) in [7, 11) is 1.58. The molecule has 5 nitrogen and oxygen atoms in total. The summed E-state index contributed by atoms with van der Waals surface area (Å²) in [4.78, 5) is 10.5. The summed E-state index contributed by atoms with van der Waals surface area (Å²) in [5.74, 6) is -0.475. The third-order valence-corrected chi connectivity index (χ3v) is 4.35. The smallest absolute Gasteiger partial charge is 0.214 e. The van der Waals surface area contributed by atoms with E-state index in [4.69, 9.17) is 4.74 Å². The van der Waals surface area contributed by atoms with E-state index in [9.17, 15) is 9.50 Å². The minimum atomic E-state index is -0.647. The van der Waals surface area contributed by atoms with Crippen LogP contribution < -0.4 is 4.74 Å². The van der Waals surface area contributed by atoms with Gasteiger partial charge in [0.1, 0.15) is 4.83 Å². The van der Waals surface area contributed by atoms with Crippen molar-refractivity contribution in [1.29, 1.82) is 0 Å². The lowest BCUT2D eigenvalue weighted by atomic mass is 10.1. The molecule has 3 heterocycles. The Labute approximate surface area is 144 Å². The summed E-state index contributed by atoms with van der Waals surface area (Å²) < 4.78 is 20.2. The van der Waals surface area contributed by atoms with E-state index in [0.29, 0.717) is 17.1 Å². The van der Waals surface area contributed by atoms with Crippen LogP contribution in [0.1, 0.15) is 0 Å². The van der Waals surface area contributed by atoms with Crippen molar-refractivity contribution in [3.8, 4) is 22.9 Å². The molecule has 0 aliphatic rings. The highest BCUT2D eigenvalue weighted by atomic mass is 79.9. The second-order valence-electron chi connectivity index (χ2n) is 4.72. The summed E-state index contributed by atoms with van der Waals surface area (Å²) in [6, 6.07) is 7.88. The van der Waals surface area contributed by atoms with E-state index in [0.717, 1.165) is 15.3 Å². The highest BCUT2D eigenvalue weighted by Gasteiger charge is 2.13. The maximum Gasteiger partial charge on any atom is 0.214 e. The number of aromatic hydroxyl groups is 1. The van der Waals surface area contributed by atoms with Crippen LogP contribution in [0.15, 0.2) is 36.5 Å². The molecule has 4 aromatic rings. The van der Waals surface area contributed by atoms with Crippen LogP contribution in [0.25, 0.3) is 26.6 Å². The molecule has 0 bridgehead atoms. The number of fused-ring (bicyclic) bond motifs is 3. The van der Waals surface area contributed by atoms with Gasteiger partial charge in [0.2, 0.25) is 5.88 Å². The Bertz CT molecular complexity index is 1010. The van der Waals surface area contributed by atoms with Gasteiger partial charge in [0.25, 0.3) is 0 Å². The molecule has 0 fully saturated rings. The molecule has 0 saturated heterocycles. The molecule has 0 saturated carbocycles. The Hall–Kier alpha value is -2.19. The van der Waals surface area contributed by atoms with E-state index in [1.807, 2.05) is 16.7 Å². The van der Waals surface area contributed by atoms with Gasteiger partial charge in [-0.05, 0) is 24.3 Å². The van der Waals surface area contributed by atoms with E-state index in [2.05, 4.69) is 9.97 Å². The first kappa shape index (κ1) is 15.7. The Morgan fingerprint density at radius 2 is 2.04 bits per heavy atom. The first-order valence-electron chi connectivity index (χ1n) is 6.47. The Morgan fingerprint density at radius 1 is 1.22 bits per heavy atom. The van der Waals surface area contributed by atoms with Gasteiger partial charge in [0.15, 0.2) is 16.5 Å². The SMILES string of the molecule is Br.COc1ccc2c(n1)sc1nc(-c3ccc(F)c(O)c3)cn12. The van der Waals surface area contributed by atoms with Crippen molar-refractivity contribution in [2.75, 3.05) is 7.11 Å². The third-order valence-electron chi connectivity index (χ3n) is 3.39. The van der Waals surface area contributed by atoms with Crippen LogP contribution in [0, 0.1) is 5.82 Å². The summed E-state index contributed by atoms with van der Waals surface area (Å²) in [6.45, 7) is 0. The molecule has 118 valence electrons. The normalized spacial score (nSPS) is 10.9. The van der Waals surface area contributed by atoms with Crippen LogP contribution >= 0.6 is 28.3 Å². The van der Waals surface area contributed by atoms with E-state index in [1.165, 1.54) is 23.5 Å². The molecule has 8 heteroatoms. The summed E-state index contributed by atoms with van der Waals surface area (Å²) >= 11 is 1.44. The number of hydrogen-bond acceptors (Lipinski definition) is 5. The molecule has 23 heavy (non-hydrogen) atoms. The van der Waals surface area contributed by atoms with E-state index in [-0.39, 0.29) is 22.7 Å². The van der Waals surface area contributed by atoms with E-state index in [1.54, 1.807) is 19.2 Å². The topological polar surface area (TPSA) is 59.7 Å². The third kappa shape index (κ3) is 2.53. The largest absolute Gasteiger partial charge is 0.505 e. The van der Waals surface area contributed by atoms with Gasteiger partial charge in [-0.3, -0.25) is 4.40 Å². The molecular weight excluding hydrogens is 385 g/mol. The lowest BCUT2D eigenvalue weighted by molar-refractivity contribution is 0.400. The number of imidazole rings is 1. The molecule has 4 rings (SSSR count). The number of phenols is 1. The molecule has 1 aromatic carbocycles. The van der Waals surface area contributed by atoms with Gasteiger partial charge < -0.3 is 9.84 Å². The van der Waals surface area contributed by atoms with Gasteiger partial charge in [-0.2, -0.15) is 0 Å². The minimum Gasteiger partial charge on any atom is -0.505 e. The number of methoxy groups -OCH3 is 1. The number of halogens is 2. The lowest BCUT2D eigenvalue weighted by Crippen LogP contribution is -1.86. The Balaban J connectivity index is 0.00000156. The van der Waals surface area contributed by atoms with Gasteiger partial charge >= 0.3 is 0 Å². The predicted molar refractivity (Wildman–Crippen MR) is 92.3 cm³/mol. The number of ether oxygens (including phenoxy) is 1. The van der Waals surface area contributed by atoms with Crippen molar-refractivity contribution in [2.45, 2.75) is 0 Å². The minimum absolute atomic E-state index is 0. The number of hydrogen-bond donors (Lipinski definition) is 1. The fourth-order valence-electron chi connectivity index (χ4n) is 2.29. The standard InChI is InChI=1S/C15H10FN3O2S.BrH/c1-21-13-5-4-11-14(18-13)22-15-17-10(7-19(11)15)8-2-3-9(16)12(20)6-8;/h2-7,20H,1H3;1H. The van der Waals surface area contributed by atoms with Crippen LogP contribution in [0.2, 0.25) is 0 Å². The highest BCUT2D eigenvalue weighted by molar-refractivity contribution is 8.93. The van der Waals surface area contributed by atoms with Gasteiger partial charge in [-0.15, -0.1) is 17.0 Å². The lowest BCUT2D eigenvalue weighted by Gasteiger charge is -1.99. The van der Waals surface area contributed by atoms with E-state index >= 15 is 0 Å². The van der Waals surface area contributed by atoms with Gasteiger partial charge in [0.05, 0.1) is 18.3 Å². The maximum absolute atomic E-state index is 13.1. The average molecular weight is 396 g/mol. The van der Waals surface area contributed by atoms with Crippen molar-refractivity contribution >= 4 is 43.6 Å². The number of aromatic nitrogens is 3. The molecular formula is C15H11BrFN3O2S. The van der Waals surface area contributed by atoms with Gasteiger partial charge in [0, 0.05) is 17.8 Å². The molecule has 0 unspecified atom stereocenters. The van der Waals surface area contributed by atoms with Crippen molar-refractivity contribution in [3.63, 3.8) is 0 Å². The zero-order chi connectivity index (χ0) is 15.3. The average Bonchev–Trinajstić information content (AvgIpc) is 3.06. The van der Waals surface area contributed by atoms with Crippen molar-refractivity contribution in [1.82, 2.24) is 14.4 Å². The molecule has 0 aliphatic carbocycles. The monoisotopic (exact) mass is 395 g/mol. The van der Waals surface area contributed by atoms with Crippen molar-refractivity contribution in [3.05, 3.63) is 42.3 Å². The van der Waals surface area contributed by atoms with Gasteiger partial charge in [-0.25, -0.2) is 14.4 Å². The number of nitrogens with zero attached hydrogens (tertiary/aromatic N) is 3. The predicted octanol–water partition coefficient (Wildman–Crippen LogP) is 4.04. The quantitative estimate of drug-likeness (QED) is 0.556. The zero-order valence-electron chi connectivity index (χ0n) is 11.9. The zero-order valence-corrected chi connectivity index (χ0v) is 14.4. The van der Waals surface area contributed by atoms with Crippen LogP contribution in [-0.2, 0) is 0 Å². The second kappa shape index (κ2) is 5.78. The number of pyridine rings is 1. The number of thiazole rings is 1. The molecule has 0 aliphatic heterocycles. The summed E-state index contributed by atoms with van der Waals surface area (Å²) in [6.07, 6.45) is 1.84. The molecule has 0 atom stereocenters. The molecule has 0 amide bonds. The maximum atomic E-state index is 13.1. The van der Waals surface area contributed by atoms with Crippen LogP contribution in [0.3, 0.4) is 0 Å². The highest BCUT2D eigenvalue weighted by Crippen LogP contribution is 2.31. The second-order valence-corrected chi connectivity index (χ2v) is 5.68. The molecule has 3 aromatic heterocycles. The molecule has 1 N–H and O–H groups in total. The van der Waals surface area contributed by atoms with Crippen LogP contribution in [-0.4, -0.2) is 26.6 Å². The first-order chi connectivity index (χ1) is 10.7. The van der Waals surface area contributed by atoms with Crippen LogP contribution in [0.5, 0.6) is 11.6 Å². The Morgan fingerprint density at radius 3 is 2.78 bits per heavy atom. The van der Waals surface area contributed by atoms with Crippen LogP contribution in [0.4, 0.5) is 4.39 Å². The van der Waals surface area contributed by atoms with Gasteiger partial charge in [-0.1, -0.05) is 11.3 Å². The summed E-state index contributed by atoms with van der Waals surface area (Å²) in [5, 5.41) is 9.49. The fourth-order valence-corrected chi connectivity index (χ4v) is 3.27. The Kier molecular flexibility index (Phi) is 3.95. The fraction of sp³-hybridized carbons (Fsp3) is 0.0667. The first-order valence-corrected chi connectivity index (χ1v) is 7.29. The number of rotatable bonds is 2. The molecule has 0 radical (unpaired) electrons. The number of phenolic OH excluding ortho intramolecular Hbond substituents is 1. The van der Waals surface area contributed by atoms with Crippen molar-refractivity contribution < 1.29 is 14.2 Å². The summed E-state index contributed by atoms with van der Waals surface area (Å²) in [5.41, 5.74) is 2.24. The van der Waals surface area contributed by atoms with E-state index < -0.39 is 5.82 Å². The number of benzene rings is 1. The van der Waals surface area contributed by atoms with Crippen molar-refractivity contribution in [2.24, 2.45) is 0 Å².